The third-order valence-electron chi connectivity index (χ3n) is 2.22. The minimum atomic E-state index is 0.375. The van der Waals surface area contributed by atoms with Crippen LogP contribution in [0, 0.1) is 0 Å². The van der Waals surface area contributed by atoms with Crippen molar-refractivity contribution in [2.45, 2.75) is 38.7 Å². The molecular weight excluding hydrogens is 180 g/mol. The van der Waals surface area contributed by atoms with Gasteiger partial charge in [0.15, 0.2) is 0 Å². The summed E-state index contributed by atoms with van der Waals surface area (Å²) in [6.45, 7) is 6.13. The largest absolute Gasteiger partial charge is 0.379 e. The van der Waals surface area contributed by atoms with E-state index in [9.17, 15) is 0 Å². The minimum absolute atomic E-state index is 0.375. The summed E-state index contributed by atoms with van der Waals surface area (Å²) in [4.78, 5) is 0. The molecule has 0 amide bonds. The molecular formula is C11H22O3. The van der Waals surface area contributed by atoms with Gasteiger partial charge in [-0.2, -0.15) is 0 Å². The van der Waals surface area contributed by atoms with Crippen LogP contribution >= 0.6 is 0 Å². The van der Waals surface area contributed by atoms with Crippen LogP contribution < -0.4 is 0 Å². The van der Waals surface area contributed by atoms with Gasteiger partial charge < -0.3 is 14.2 Å². The molecule has 0 aromatic carbocycles. The molecule has 0 spiro atoms. The first-order chi connectivity index (χ1) is 6.93. The van der Waals surface area contributed by atoms with E-state index in [2.05, 4.69) is 6.92 Å². The normalized spacial score (nSPS) is 19.9. The van der Waals surface area contributed by atoms with Crippen molar-refractivity contribution in [2.24, 2.45) is 0 Å². The molecule has 0 saturated carbocycles. The molecule has 0 aliphatic carbocycles. The Morgan fingerprint density at radius 1 is 1.07 bits per heavy atom. The predicted molar refractivity (Wildman–Crippen MR) is 55.5 cm³/mol. The number of epoxide rings is 1. The fourth-order valence-corrected chi connectivity index (χ4v) is 1.23. The Labute approximate surface area is 86.7 Å². The molecule has 0 N–H and O–H groups in total. The third kappa shape index (κ3) is 7.30. The van der Waals surface area contributed by atoms with E-state index in [4.69, 9.17) is 14.2 Å². The third-order valence-corrected chi connectivity index (χ3v) is 2.22. The lowest BCUT2D eigenvalue weighted by Gasteiger charge is -2.04. The smallest absolute Gasteiger partial charge is 0.104 e. The number of ether oxygens (including phenoxy) is 3. The molecule has 0 unspecified atom stereocenters. The maximum absolute atomic E-state index is 5.42. The molecule has 0 aromatic rings. The Kier molecular flexibility index (Phi) is 7.01. The lowest BCUT2D eigenvalue weighted by molar-refractivity contribution is 0.0406. The molecule has 1 saturated heterocycles. The predicted octanol–water partition coefficient (Wildman–Crippen LogP) is 2.00. The molecule has 1 heterocycles. The van der Waals surface area contributed by atoms with Crippen molar-refractivity contribution < 1.29 is 14.2 Å². The zero-order valence-corrected chi connectivity index (χ0v) is 9.17. The maximum atomic E-state index is 5.42. The fraction of sp³-hybridized carbons (Fsp3) is 1.00. The van der Waals surface area contributed by atoms with Gasteiger partial charge in [0, 0.05) is 6.61 Å². The van der Waals surface area contributed by atoms with E-state index in [-0.39, 0.29) is 0 Å². The lowest BCUT2D eigenvalue weighted by atomic mass is 10.2. The van der Waals surface area contributed by atoms with E-state index in [1.165, 1.54) is 25.7 Å². The summed E-state index contributed by atoms with van der Waals surface area (Å²) in [5, 5.41) is 0. The van der Waals surface area contributed by atoms with Gasteiger partial charge >= 0.3 is 0 Å². The molecule has 1 aliphatic rings. The highest BCUT2D eigenvalue weighted by molar-refractivity contribution is 4.66. The van der Waals surface area contributed by atoms with Gasteiger partial charge in [-0.3, -0.25) is 0 Å². The van der Waals surface area contributed by atoms with Gasteiger partial charge in [-0.05, 0) is 6.42 Å². The van der Waals surface area contributed by atoms with E-state index in [1.54, 1.807) is 0 Å². The van der Waals surface area contributed by atoms with Crippen LogP contribution in [0.4, 0.5) is 0 Å². The second-order valence-electron chi connectivity index (χ2n) is 3.70. The fourth-order valence-electron chi connectivity index (χ4n) is 1.23. The first-order valence-electron chi connectivity index (χ1n) is 5.70. The van der Waals surface area contributed by atoms with Crippen molar-refractivity contribution in [1.82, 2.24) is 0 Å². The summed E-state index contributed by atoms with van der Waals surface area (Å²) in [6, 6.07) is 0. The summed E-state index contributed by atoms with van der Waals surface area (Å²) < 4.78 is 15.8. The summed E-state index contributed by atoms with van der Waals surface area (Å²) in [7, 11) is 0. The monoisotopic (exact) mass is 202 g/mol. The van der Waals surface area contributed by atoms with Crippen molar-refractivity contribution in [1.29, 1.82) is 0 Å². The second kappa shape index (κ2) is 8.21. The van der Waals surface area contributed by atoms with Crippen LogP contribution in [-0.2, 0) is 14.2 Å². The van der Waals surface area contributed by atoms with Gasteiger partial charge in [0.05, 0.1) is 26.4 Å². The summed E-state index contributed by atoms with van der Waals surface area (Å²) in [6.07, 6.45) is 5.44. The highest BCUT2D eigenvalue weighted by Crippen LogP contribution is 2.08. The van der Waals surface area contributed by atoms with Gasteiger partial charge in [0.1, 0.15) is 6.10 Å². The first kappa shape index (κ1) is 12.0. The number of hydrogen-bond donors (Lipinski definition) is 0. The van der Waals surface area contributed by atoms with Crippen LogP contribution in [-0.4, -0.2) is 39.1 Å². The summed E-state index contributed by atoms with van der Waals surface area (Å²) in [5.74, 6) is 0. The van der Waals surface area contributed by atoms with Crippen LogP contribution in [0.2, 0.25) is 0 Å². The molecule has 3 heteroatoms. The number of rotatable bonds is 10. The molecule has 1 rings (SSSR count). The van der Waals surface area contributed by atoms with Crippen LogP contribution in [0.3, 0.4) is 0 Å². The van der Waals surface area contributed by atoms with E-state index >= 15 is 0 Å². The number of unbranched alkanes of at least 4 members (excludes halogenated alkanes) is 3. The standard InChI is InChI=1S/C11H22O3/c1-2-3-4-5-6-12-7-8-13-9-11-10-14-11/h11H,2-10H2,1H3/t11-/m1/s1. The van der Waals surface area contributed by atoms with E-state index in [0.717, 1.165) is 26.4 Å². The Morgan fingerprint density at radius 2 is 1.86 bits per heavy atom. The Morgan fingerprint density at radius 3 is 2.57 bits per heavy atom. The van der Waals surface area contributed by atoms with Gasteiger partial charge in [-0.25, -0.2) is 0 Å². The summed E-state index contributed by atoms with van der Waals surface area (Å²) >= 11 is 0. The molecule has 0 bridgehead atoms. The topological polar surface area (TPSA) is 31.0 Å². The van der Waals surface area contributed by atoms with Crippen molar-refractivity contribution >= 4 is 0 Å². The molecule has 1 atom stereocenters. The molecule has 84 valence electrons. The van der Waals surface area contributed by atoms with Crippen molar-refractivity contribution in [3.05, 3.63) is 0 Å². The van der Waals surface area contributed by atoms with E-state index < -0.39 is 0 Å². The van der Waals surface area contributed by atoms with Crippen LogP contribution in [0.5, 0.6) is 0 Å². The molecule has 1 fully saturated rings. The maximum Gasteiger partial charge on any atom is 0.104 e. The lowest BCUT2D eigenvalue weighted by Crippen LogP contribution is -2.08. The molecule has 3 nitrogen and oxygen atoms in total. The summed E-state index contributed by atoms with van der Waals surface area (Å²) in [5.41, 5.74) is 0. The van der Waals surface area contributed by atoms with Crippen molar-refractivity contribution in [3.63, 3.8) is 0 Å². The zero-order valence-electron chi connectivity index (χ0n) is 9.17. The highest BCUT2D eigenvalue weighted by atomic mass is 16.6. The zero-order chi connectivity index (χ0) is 10.1. The quantitative estimate of drug-likeness (QED) is 0.401. The van der Waals surface area contributed by atoms with Crippen molar-refractivity contribution in [3.8, 4) is 0 Å². The average Bonchev–Trinajstić information content (AvgIpc) is 2.99. The van der Waals surface area contributed by atoms with E-state index in [0.29, 0.717) is 12.7 Å². The van der Waals surface area contributed by atoms with Gasteiger partial charge in [-0.15, -0.1) is 0 Å². The van der Waals surface area contributed by atoms with E-state index in [1.807, 2.05) is 0 Å². The van der Waals surface area contributed by atoms with Gasteiger partial charge in [-0.1, -0.05) is 26.2 Å². The molecule has 1 aliphatic heterocycles. The van der Waals surface area contributed by atoms with Gasteiger partial charge in [0.25, 0.3) is 0 Å². The minimum Gasteiger partial charge on any atom is -0.379 e. The molecule has 0 aromatic heterocycles. The average molecular weight is 202 g/mol. The van der Waals surface area contributed by atoms with Crippen molar-refractivity contribution in [2.75, 3.05) is 33.0 Å². The first-order valence-corrected chi connectivity index (χ1v) is 5.70. The van der Waals surface area contributed by atoms with Crippen LogP contribution in [0.25, 0.3) is 0 Å². The Balaban J connectivity index is 1.63. The SMILES string of the molecule is CCCCCCOCCOC[C@@H]1CO1. The molecule has 14 heavy (non-hydrogen) atoms. The highest BCUT2D eigenvalue weighted by Gasteiger charge is 2.21. The Bertz CT molecular complexity index is 124. The molecule has 0 radical (unpaired) electrons. The van der Waals surface area contributed by atoms with Crippen LogP contribution in [0.1, 0.15) is 32.6 Å². The number of hydrogen-bond acceptors (Lipinski definition) is 3. The van der Waals surface area contributed by atoms with Gasteiger partial charge in [0.2, 0.25) is 0 Å². The Hall–Kier alpha value is -0.120. The van der Waals surface area contributed by atoms with Crippen LogP contribution in [0.15, 0.2) is 0 Å². The second-order valence-corrected chi connectivity index (χ2v) is 3.70.